The number of hydrogen-bond acceptors (Lipinski definition) is 7. The number of methoxy groups -OCH3 is 1. The summed E-state index contributed by atoms with van der Waals surface area (Å²) in [5, 5.41) is 5.45. The third kappa shape index (κ3) is 4.51. The van der Waals surface area contributed by atoms with Crippen LogP contribution in [0, 0.1) is 11.7 Å². The summed E-state index contributed by atoms with van der Waals surface area (Å²) in [5.74, 6) is -0.455. The van der Waals surface area contributed by atoms with Gasteiger partial charge in [-0.1, -0.05) is 6.92 Å². The first kappa shape index (κ1) is 27.5. The van der Waals surface area contributed by atoms with Gasteiger partial charge in [0.1, 0.15) is 10.1 Å². The van der Waals surface area contributed by atoms with Crippen LogP contribution in [0.4, 0.5) is 28.3 Å². The number of alkyl halides is 4. The maximum absolute atomic E-state index is 15.6. The van der Waals surface area contributed by atoms with Crippen LogP contribution in [0.15, 0.2) is 36.3 Å². The molecule has 6 rings (SSSR count). The van der Waals surface area contributed by atoms with E-state index in [4.69, 9.17) is 14.6 Å². The molecule has 0 spiro atoms. The van der Waals surface area contributed by atoms with Crippen molar-refractivity contribution < 1.29 is 31.8 Å². The van der Waals surface area contributed by atoms with Crippen LogP contribution in [-0.2, 0) is 23.9 Å². The van der Waals surface area contributed by atoms with Gasteiger partial charge in [-0.05, 0) is 47.2 Å². The lowest BCUT2D eigenvalue weighted by atomic mass is 9.98. The van der Waals surface area contributed by atoms with Gasteiger partial charge in [0.05, 0.1) is 24.1 Å². The number of carbonyl (C=O) groups is 1. The highest BCUT2D eigenvalue weighted by atomic mass is 127. The van der Waals surface area contributed by atoms with E-state index in [9.17, 15) is 18.0 Å². The van der Waals surface area contributed by atoms with Crippen molar-refractivity contribution in [2.45, 2.75) is 33.0 Å². The molecule has 3 aromatic heterocycles. The standard InChI is InChI=1S/C27H23F4IN6O3/c1-13-14(2)21(13)38-22(17-8-19(28)24(40-3)23-16(17)4-7-37(23)26(39)41-12-32)18-11-36(6-5-20(18)35-38)25-33-9-15(10-34-25)27(29,30)31/h4,7-10,13H,5-6,11-12H2,1-3H3/t13-/m1/s1. The Balaban J connectivity index is 1.52. The van der Waals surface area contributed by atoms with E-state index in [1.807, 2.05) is 34.2 Å². The normalized spacial score (nSPS) is 16.8. The Morgan fingerprint density at radius 1 is 1.24 bits per heavy atom. The van der Waals surface area contributed by atoms with Gasteiger partial charge in [0.15, 0.2) is 11.6 Å². The number of carbonyl (C=O) groups excluding carboxylic acids is 1. The van der Waals surface area contributed by atoms with Gasteiger partial charge in [-0.15, -0.1) is 0 Å². The zero-order valence-electron chi connectivity index (χ0n) is 22.1. The highest BCUT2D eigenvalue weighted by molar-refractivity contribution is 14.1. The van der Waals surface area contributed by atoms with E-state index in [2.05, 4.69) is 16.9 Å². The average molecular weight is 682 g/mol. The zero-order chi connectivity index (χ0) is 29.2. The number of nitrogens with zero attached hydrogens (tertiary/aromatic N) is 6. The van der Waals surface area contributed by atoms with Crippen LogP contribution in [0.25, 0.3) is 27.9 Å². The molecule has 0 bridgehead atoms. The van der Waals surface area contributed by atoms with Crippen LogP contribution in [0.1, 0.15) is 30.7 Å². The molecule has 0 unspecified atom stereocenters. The number of benzene rings is 1. The Labute approximate surface area is 244 Å². The number of ether oxygens (including phenoxy) is 2. The Morgan fingerprint density at radius 2 is 1.95 bits per heavy atom. The average Bonchev–Trinajstić information content (AvgIpc) is 3.26. The molecule has 0 amide bonds. The predicted molar refractivity (Wildman–Crippen MR) is 150 cm³/mol. The SMILES string of the molecule is COc1c(F)cc(-c2c3c(nn2C2=C(C)[C@H]2C)CCN(c2ncc(C(F)(F)F)cn2)C3)c2ccn(C(=O)OCI)c12. The first-order chi connectivity index (χ1) is 19.5. The molecule has 1 atom stereocenters. The van der Waals surface area contributed by atoms with Crippen molar-refractivity contribution in [3.8, 4) is 17.0 Å². The number of rotatable bonds is 5. The fourth-order valence-corrected chi connectivity index (χ4v) is 5.63. The molecule has 14 heteroatoms. The Morgan fingerprint density at radius 3 is 2.56 bits per heavy atom. The summed E-state index contributed by atoms with van der Waals surface area (Å²) in [4.78, 5) is 22.5. The molecule has 9 nitrogen and oxygen atoms in total. The van der Waals surface area contributed by atoms with Gasteiger partial charge in [0, 0.05) is 66.2 Å². The van der Waals surface area contributed by atoms with E-state index in [1.165, 1.54) is 23.9 Å². The molecule has 4 aromatic rings. The van der Waals surface area contributed by atoms with Crippen LogP contribution >= 0.6 is 22.6 Å². The molecule has 1 aliphatic carbocycles. The van der Waals surface area contributed by atoms with Crippen LogP contribution in [0.3, 0.4) is 0 Å². The van der Waals surface area contributed by atoms with Crippen molar-refractivity contribution in [1.29, 1.82) is 0 Å². The van der Waals surface area contributed by atoms with Crippen molar-refractivity contribution in [1.82, 2.24) is 24.3 Å². The van der Waals surface area contributed by atoms with Crippen LogP contribution in [0.5, 0.6) is 5.75 Å². The predicted octanol–water partition coefficient (Wildman–Crippen LogP) is 6.28. The number of aromatic nitrogens is 5. The van der Waals surface area contributed by atoms with Crippen LogP contribution in [-0.4, -0.2) is 48.7 Å². The molecular formula is C27H23F4IN6O3. The van der Waals surface area contributed by atoms with Gasteiger partial charge >= 0.3 is 12.3 Å². The van der Waals surface area contributed by atoms with E-state index in [0.717, 1.165) is 34.9 Å². The second-order valence-corrected chi connectivity index (χ2v) is 10.4. The number of anilines is 1. The van der Waals surface area contributed by atoms with Crippen molar-refractivity contribution in [2.75, 3.05) is 23.2 Å². The fourth-order valence-electron chi connectivity index (χ4n) is 5.36. The minimum absolute atomic E-state index is 0.103. The lowest BCUT2D eigenvalue weighted by Crippen LogP contribution is -2.31. The van der Waals surface area contributed by atoms with Crippen molar-refractivity contribution in [3.05, 3.63) is 58.9 Å². The highest BCUT2D eigenvalue weighted by Crippen LogP contribution is 2.48. The molecule has 41 heavy (non-hydrogen) atoms. The number of allylic oxidation sites excluding steroid dienone is 2. The molecule has 0 fully saturated rings. The summed E-state index contributed by atoms with van der Waals surface area (Å²) in [5.41, 5.74) is 4.08. The summed E-state index contributed by atoms with van der Waals surface area (Å²) >= 11 is 1.90. The third-order valence-electron chi connectivity index (χ3n) is 7.60. The molecule has 2 aliphatic rings. The van der Waals surface area contributed by atoms with Crippen molar-refractivity contribution in [2.24, 2.45) is 5.92 Å². The Hall–Kier alpha value is -3.69. The maximum atomic E-state index is 15.6. The van der Waals surface area contributed by atoms with E-state index < -0.39 is 23.7 Å². The Bertz CT molecular complexity index is 1730. The van der Waals surface area contributed by atoms with Gasteiger partial charge in [0.25, 0.3) is 0 Å². The Kier molecular flexibility index (Phi) is 6.70. The minimum Gasteiger partial charge on any atom is -0.492 e. The molecule has 214 valence electrons. The first-order valence-electron chi connectivity index (χ1n) is 12.6. The first-order valence-corrected chi connectivity index (χ1v) is 14.1. The van der Waals surface area contributed by atoms with Crippen molar-refractivity contribution >= 4 is 51.2 Å². The molecule has 0 saturated heterocycles. The van der Waals surface area contributed by atoms with Gasteiger partial charge in [-0.25, -0.2) is 28.4 Å². The highest BCUT2D eigenvalue weighted by Gasteiger charge is 2.37. The zero-order valence-corrected chi connectivity index (χ0v) is 24.2. The minimum atomic E-state index is -4.54. The third-order valence-corrected chi connectivity index (χ3v) is 7.92. The summed E-state index contributed by atoms with van der Waals surface area (Å²) in [6, 6.07) is 3.06. The number of hydrogen-bond donors (Lipinski definition) is 0. The molecule has 1 aromatic carbocycles. The topological polar surface area (TPSA) is 87.3 Å². The maximum Gasteiger partial charge on any atom is 0.419 e. The lowest BCUT2D eigenvalue weighted by molar-refractivity contribution is -0.138. The number of fused-ring (bicyclic) bond motifs is 2. The van der Waals surface area contributed by atoms with Gasteiger partial charge < -0.3 is 14.4 Å². The van der Waals surface area contributed by atoms with Crippen molar-refractivity contribution in [3.63, 3.8) is 0 Å². The molecular weight excluding hydrogens is 659 g/mol. The molecule has 0 radical (unpaired) electrons. The van der Waals surface area contributed by atoms with E-state index >= 15 is 4.39 Å². The monoisotopic (exact) mass is 682 g/mol. The van der Waals surface area contributed by atoms with Gasteiger partial charge in [-0.3, -0.25) is 0 Å². The smallest absolute Gasteiger partial charge is 0.419 e. The molecule has 0 saturated carbocycles. The fraction of sp³-hybridized carbons (Fsp3) is 0.333. The summed E-state index contributed by atoms with van der Waals surface area (Å²) in [6.45, 7) is 4.74. The lowest BCUT2D eigenvalue weighted by Gasteiger charge is -2.27. The van der Waals surface area contributed by atoms with E-state index in [1.54, 1.807) is 11.0 Å². The van der Waals surface area contributed by atoms with Crippen LogP contribution < -0.4 is 9.64 Å². The molecule has 0 N–H and O–H groups in total. The van der Waals surface area contributed by atoms with Crippen LogP contribution in [0.2, 0.25) is 0 Å². The molecule has 1 aliphatic heterocycles. The quantitative estimate of drug-likeness (QED) is 0.139. The van der Waals surface area contributed by atoms with E-state index in [-0.39, 0.29) is 34.3 Å². The van der Waals surface area contributed by atoms with Gasteiger partial charge in [0.2, 0.25) is 5.95 Å². The largest absolute Gasteiger partial charge is 0.492 e. The summed E-state index contributed by atoms with van der Waals surface area (Å²) < 4.78 is 68.5. The summed E-state index contributed by atoms with van der Waals surface area (Å²) in [7, 11) is 1.33. The second-order valence-electron chi connectivity index (χ2n) is 9.82. The second kappa shape index (κ2) is 9.99. The number of halogens is 5. The molecule has 4 heterocycles. The van der Waals surface area contributed by atoms with Gasteiger partial charge in [-0.2, -0.15) is 18.3 Å². The summed E-state index contributed by atoms with van der Waals surface area (Å²) in [6.07, 6.45) is -1.71. The van der Waals surface area contributed by atoms with E-state index in [0.29, 0.717) is 29.6 Å².